The maximum absolute atomic E-state index is 12.6. The Hall–Kier alpha value is -2.42. The number of carbonyl (C=O) groups is 1. The summed E-state index contributed by atoms with van der Waals surface area (Å²) in [6, 6.07) is 14.1. The average Bonchev–Trinajstić information content (AvgIpc) is 2.88. The SMILES string of the molecule is Cn1ncc2ccc(CC(=O)c3cccc(C(C)(C)C)c3)cc21. The molecule has 0 amide bonds. The number of hydrogen-bond donors (Lipinski definition) is 0. The lowest BCUT2D eigenvalue weighted by Gasteiger charge is -2.19. The van der Waals surface area contributed by atoms with E-state index < -0.39 is 0 Å². The number of hydrogen-bond acceptors (Lipinski definition) is 2. The fraction of sp³-hybridized carbons (Fsp3) is 0.300. The Labute approximate surface area is 136 Å². The van der Waals surface area contributed by atoms with E-state index >= 15 is 0 Å². The highest BCUT2D eigenvalue weighted by atomic mass is 16.1. The van der Waals surface area contributed by atoms with E-state index in [1.807, 2.05) is 54.3 Å². The molecule has 0 N–H and O–H groups in total. The number of fused-ring (bicyclic) bond motifs is 1. The van der Waals surface area contributed by atoms with Crippen molar-refractivity contribution in [1.82, 2.24) is 9.78 Å². The van der Waals surface area contributed by atoms with Crippen LogP contribution in [0.3, 0.4) is 0 Å². The van der Waals surface area contributed by atoms with Crippen LogP contribution in [0, 0.1) is 0 Å². The lowest BCUT2D eigenvalue weighted by Crippen LogP contribution is -2.12. The van der Waals surface area contributed by atoms with Crippen LogP contribution in [0.4, 0.5) is 0 Å². The van der Waals surface area contributed by atoms with Crippen molar-refractivity contribution >= 4 is 16.7 Å². The van der Waals surface area contributed by atoms with Gasteiger partial charge in [0.1, 0.15) is 0 Å². The summed E-state index contributed by atoms with van der Waals surface area (Å²) in [7, 11) is 1.92. The molecule has 1 heterocycles. The van der Waals surface area contributed by atoms with Gasteiger partial charge in [-0.25, -0.2) is 0 Å². The van der Waals surface area contributed by atoms with Gasteiger partial charge in [0.05, 0.1) is 11.7 Å². The Morgan fingerprint density at radius 2 is 1.91 bits per heavy atom. The molecule has 3 nitrogen and oxygen atoms in total. The molecule has 0 saturated heterocycles. The van der Waals surface area contributed by atoms with Crippen LogP contribution < -0.4 is 0 Å². The molecule has 0 aliphatic rings. The summed E-state index contributed by atoms with van der Waals surface area (Å²) in [6.07, 6.45) is 2.25. The van der Waals surface area contributed by atoms with Gasteiger partial charge in [0.2, 0.25) is 0 Å². The molecule has 1 aromatic heterocycles. The molecule has 3 heteroatoms. The van der Waals surface area contributed by atoms with Gasteiger partial charge in [-0.15, -0.1) is 0 Å². The van der Waals surface area contributed by atoms with Crippen LogP contribution in [0.25, 0.3) is 10.9 Å². The minimum atomic E-state index is 0.0455. The molecular formula is C20H22N2O. The summed E-state index contributed by atoms with van der Waals surface area (Å²) in [5.74, 6) is 0.151. The topological polar surface area (TPSA) is 34.9 Å². The van der Waals surface area contributed by atoms with Gasteiger partial charge in [-0.3, -0.25) is 9.48 Å². The molecule has 2 aromatic carbocycles. The molecular weight excluding hydrogens is 284 g/mol. The Bertz CT molecular complexity index is 869. The molecule has 3 aromatic rings. The van der Waals surface area contributed by atoms with E-state index in [1.54, 1.807) is 0 Å². The third-order valence-electron chi connectivity index (χ3n) is 4.23. The van der Waals surface area contributed by atoms with Gasteiger partial charge in [-0.2, -0.15) is 5.10 Å². The second-order valence-corrected chi connectivity index (χ2v) is 7.09. The fourth-order valence-corrected chi connectivity index (χ4v) is 2.75. The number of aryl methyl sites for hydroxylation is 1. The smallest absolute Gasteiger partial charge is 0.167 e. The van der Waals surface area contributed by atoms with Crippen LogP contribution in [0.5, 0.6) is 0 Å². The highest BCUT2D eigenvalue weighted by molar-refractivity contribution is 5.98. The van der Waals surface area contributed by atoms with Crippen molar-refractivity contribution in [1.29, 1.82) is 0 Å². The quantitative estimate of drug-likeness (QED) is 0.676. The third-order valence-corrected chi connectivity index (χ3v) is 4.23. The first-order chi connectivity index (χ1) is 10.8. The van der Waals surface area contributed by atoms with Crippen LogP contribution in [-0.2, 0) is 18.9 Å². The van der Waals surface area contributed by atoms with E-state index in [-0.39, 0.29) is 11.2 Å². The van der Waals surface area contributed by atoms with Gasteiger partial charge in [0.25, 0.3) is 0 Å². The zero-order valence-corrected chi connectivity index (χ0v) is 14.1. The second-order valence-electron chi connectivity index (χ2n) is 7.09. The molecule has 0 bridgehead atoms. The highest BCUT2D eigenvalue weighted by Gasteiger charge is 2.16. The Kier molecular flexibility index (Phi) is 3.80. The van der Waals surface area contributed by atoms with Crippen molar-refractivity contribution in [2.45, 2.75) is 32.6 Å². The minimum absolute atomic E-state index is 0.0455. The summed E-state index contributed by atoms with van der Waals surface area (Å²) >= 11 is 0. The van der Waals surface area contributed by atoms with E-state index in [1.165, 1.54) is 5.56 Å². The largest absolute Gasteiger partial charge is 0.294 e. The normalized spacial score (nSPS) is 11.8. The van der Waals surface area contributed by atoms with E-state index in [0.717, 1.165) is 22.0 Å². The fourth-order valence-electron chi connectivity index (χ4n) is 2.75. The first-order valence-corrected chi connectivity index (χ1v) is 7.89. The molecule has 0 unspecified atom stereocenters. The minimum Gasteiger partial charge on any atom is -0.294 e. The maximum Gasteiger partial charge on any atom is 0.167 e. The van der Waals surface area contributed by atoms with Crippen molar-refractivity contribution in [3.63, 3.8) is 0 Å². The molecule has 0 radical (unpaired) electrons. The predicted molar refractivity (Wildman–Crippen MR) is 93.9 cm³/mol. The van der Waals surface area contributed by atoms with Gasteiger partial charge in [-0.1, -0.05) is 51.1 Å². The van der Waals surface area contributed by atoms with E-state index in [0.29, 0.717) is 6.42 Å². The Morgan fingerprint density at radius 1 is 1.13 bits per heavy atom. The Morgan fingerprint density at radius 3 is 2.65 bits per heavy atom. The molecule has 0 fully saturated rings. The number of aromatic nitrogens is 2. The number of ketones is 1. The zero-order valence-electron chi connectivity index (χ0n) is 14.1. The monoisotopic (exact) mass is 306 g/mol. The Balaban J connectivity index is 1.87. The standard InChI is InChI=1S/C20H22N2O/c1-20(2,3)17-7-5-6-15(12-17)19(23)11-14-8-9-16-13-21-22(4)18(16)10-14/h5-10,12-13H,11H2,1-4H3. The van der Waals surface area contributed by atoms with Crippen molar-refractivity contribution < 1.29 is 4.79 Å². The number of benzene rings is 2. The molecule has 23 heavy (non-hydrogen) atoms. The molecule has 0 spiro atoms. The second kappa shape index (κ2) is 5.65. The van der Waals surface area contributed by atoms with E-state index in [2.05, 4.69) is 31.9 Å². The lowest BCUT2D eigenvalue weighted by molar-refractivity contribution is 0.0993. The summed E-state index contributed by atoms with van der Waals surface area (Å²) in [5.41, 5.74) is 4.09. The zero-order chi connectivity index (χ0) is 16.6. The summed E-state index contributed by atoms with van der Waals surface area (Å²) in [6.45, 7) is 6.48. The van der Waals surface area contributed by atoms with Gasteiger partial charge in [0, 0.05) is 24.4 Å². The molecule has 0 aliphatic heterocycles. The number of Topliss-reactive ketones (excluding diaryl/α,β-unsaturated/α-hetero) is 1. The van der Waals surface area contributed by atoms with Crippen molar-refractivity contribution in [3.8, 4) is 0 Å². The predicted octanol–water partition coefficient (Wildman–Crippen LogP) is 4.30. The van der Waals surface area contributed by atoms with Crippen LogP contribution in [0.15, 0.2) is 48.7 Å². The van der Waals surface area contributed by atoms with Gasteiger partial charge >= 0.3 is 0 Å². The first-order valence-electron chi connectivity index (χ1n) is 7.89. The summed E-state index contributed by atoms with van der Waals surface area (Å²) in [4.78, 5) is 12.6. The van der Waals surface area contributed by atoms with Gasteiger partial charge in [-0.05, 0) is 28.7 Å². The van der Waals surface area contributed by atoms with Crippen LogP contribution in [0.2, 0.25) is 0 Å². The molecule has 0 aliphatic carbocycles. The molecule has 118 valence electrons. The van der Waals surface area contributed by atoms with Crippen LogP contribution in [-0.4, -0.2) is 15.6 Å². The lowest BCUT2D eigenvalue weighted by atomic mass is 9.85. The maximum atomic E-state index is 12.6. The highest BCUT2D eigenvalue weighted by Crippen LogP contribution is 2.23. The summed E-state index contributed by atoms with van der Waals surface area (Å²) < 4.78 is 1.84. The van der Waals surface area contributed by atoms with Crippen LogP contribution in [0.1, 0.15) is 42.3 Å². The summed E-state index contributed by atoms with van der Waals surface area (Å²) in [5, 5.41) is 5.34. The molecule has 3 rings (SSSR count). The van der Waals surface area contributed by atoms with E-state index in [4.69, 9.17) is 0 Å². The number of carbonyl (C=O) groups excluding carboxylic acids is 1. The third kappa shape index (κ3) is 3.19. The number of rotatable bonds is 3. The van der Waals surface area contributed by atoms with Gasteiger partial charge < -0.3 is 0 Å². The van der Waals surface area contributed by atoms with Crippen molar-refractivity contribution in [2.75, 3.05) is 0 Å². The first kappa shape index (κ1) is 15.5. The molecule has 0 saturated carbocycles. The average molecular weight is 306 g/mol. The molecule has 0 atom stereocenters. The van der Waals surface area contributed by atoms with Crippen molar-refractivity contribution in [3.05, 3.63) is 65.4 Å². The van der Waals surface area contributed by atoms with E-state index in [9.17, 15) is 4.79 Å². The van der Waals surface area contributed by atoms with Gasteiger partial charge in [0.15, 0.2) is 5.78 Å². The number of nitrogens with zero attached hydrogens (tertiary/aromatic N) is 2. The van der Waals surface area contributed by atoms with Crippen LogP contribution >= 0.6 is 0 Å². The van der Waals surface area contributed by atoms with Crippen molar-refractivity contribution in [2.24, 2.45) is 7.05 Å².